The van der Waals surface area contributed by atoms with Crippen molar-refractivity contribution in [2.24, 2.45) is 0 Å². The molecule has 1 aromatic heterocycles. The maximum atomic E-state index is 5.43. The van der Waals surface area contributed by atoms with Crippen LogP contribution in [0.3, 0.4) is 0 Å². The molecule has 3 heteroatoms. The van der Waals surface area contributed by atoms with Crippen molar-refractivity contribution in [2.75, 3.05) is 0 Å². The average Bonchev–Trinajstić information content (AvgIpc) is 2.60. The lowest BCUT2D eigenvalue weighted by Crippen LogP contribution is -2.35. The lowest BCUT2D eigenvalue weighted by molar-refractivity contribution is 0.412. The molecule has 1 atom stereocenters. The number of nitrogens with one attached hydrogen (secondary N) is 1. The molecule has 0 aliphatic heterocycles. The van der Waals surface area contributed by atoms with Crippen LogP contribution in [-0.4, -0.2) is 10.5 Å². The fourth-order valence-corrected chi connectivity index (χ4v) is 1.35. The summed E-state index contributed by atoms with van der Waals surface area (Å²) >= 11 is 0. The molecule has 0 radical (unpaired) electrons. The Morgan fingerprint density at radius 3 is 2.67 bits per heavy atom. The molecule has 15 heavy (non-hydrogen) atoms. The van der Waals surface area contributed by atoms with Crippen LogP contribution in [0.15, 0.2) is 10.8 Å². The first-order valence-electron chi connectivity index (χ1n) is 5.61. The minimum Gasteiger partial charge on any atom is -0.448 e. The van der Waals surface area contributed by atoms with Crippen molar-refractivity contribution in [3.8, 4) is 0 Å². The van der Waals surface area contributed by atoms with Crippen LogP contribution in [0.1, 0.15) is 58.4 Å². The highest BCUT2D eigenvalue weighted by Crippen LogP contribution is 2.22. The smallest absolute Gasteiger partial charge is 0.181 e. The molecule has 1 aromatic rings. The number of hydrogen-bond donors (Lipinski definition) is 1. The van der Waals surface area contributed by atoms with Crippen molar-refractivity contribution in [2.45, 2.75) is 59.0 Å². The second-order valence-corrected chi connectivity index (χ2v) is 5.08. The molecule has 0 aliphatic rings. The molecule has 0 saturated carbocycles. The van der Waals surface area contributed by atoms with E-state index in [1.165, 1.54) is 0 Å². The monoisotopic (exact) mass is 210 g/mol. The first-order valence-corrected chi connectivity index (χ1v) is 5.61. The van der Waals surface area contributed by atoms with Crippen LogP contribution in [-0.2, 0) is 6.54 Å². The summed E-state index contributed by atoms with van der Waals surface area (Å²) in [6, 6.07) is 0. The SMILES string of the molecule is CCC(C)c1ocnc1CNC(C)(C)C. The van der Waals surface area contributed by atoms with Gasteiger partial charge in [-0.25, -0.2) is 4.98 Å². The van der Waals surface area contributed by atoms with E-state index in [1.54, 1.807) is 6.39 Å². The number of oxazole rings is 1. The van der Waals surface area contributed by atoms with E-state index in [1.807, 2.05) is 0 Å². The normalized spacial score (nSPS) is 14.2. The summed E-state index contributed by atoms with van der Waals surface area (Å²) in [6.07, 6.45) is 2.62. The molecule has 0 fully saturated rings. The van der Waals surface area contributed by atoms with Crippen LogP contribution in [0.5, 0.6) is 0 Å². The van der Waals surface area contributed by atoms with Crippen molar-refractivity contribution in [1.29, 1.82) is 0 Å². The summed E-state index contributed by atoms with van der Waals surface area (Å²) < 4.78 is 5.43. The Labute approximate surface area is 92.3 Å². The van der Waals surface area contributed by atoms with Gasteiger partial charge in [0.25, 0.3) is 0 Å². The van der Waals surface area contributed by atoms with Crippen molar-refractivity contribution in [3.63, 3.8) is 0 Å². The van der Waals surface area contributed by atoms with E-state index in [4.69, 9.17) is 4.42 Å². The van der Waals surface area contributed by atoms with E-state index in [0.29, 0.717) is 5.92 Å². The highest BCUT2D eigenvalue weighted by Gasteiger charge is 2.16. The lowest BCUT2D eigenvalue weighted by Gasteiger charge is -2.20. The molecule has 3 nitrogen and oxygen atoms in total. The van der Waals surface area contributed by atoms with Crippen LogP contribution < -0.4 is 5.32 Å². The van der Waals surface area contributed by atoms with Crippen molar-refractivity contribution >= 4 is 0 Å². The van der Waals surface area contributed by atoms with Crippen molar-refractivity contribution in [3.05, 3.63) is 17.8 Å². The summed E-state index contributed by atoms with van der Waals surface area (Å²) in [5.41, 5.74) is 1.16. The standard InChI is InChI=1S/C12H22N2O/c1-6-9(2)11-10(13-8-15-11)7-14-12(3,4)5/h8-9,14H,6-7H2,1-5H3. The molecule has 0 saturated heterocycles. The Balaban J connectivity index is 2.65. The van der Waals surface area contributed by atoms with Gasteiger partial charge in [-0.2, -0.15) is 0 Å². The molecular formula is C12H22N2O. The summed E-state index contributed by atoms with van der Waals surface area (Å²) in [4.78, 5) is 4.26. The van der Waals surface area contributed by atoms with Gasteiger partial charge in [-0.15, -0.1) is 0 Å². The molecule has 0 amide bonds. The fraction of sp³-hybridized carbons (Fsp3) is 0.750. The summed E-state index contributed by atoms with van der Waals surface area (Å²) in [7, 11) is 0. The predicted octanol–water partition coefficient (Wildman–Crippen LogP) is 3.08. The number of rotatable bonds is 4. The van der Waals surface area contributed by atoms with E-state index in [0.717, 1.165) is 24.4 Å². The van der Waals surface area contributed by atoms with E-state index in [-0.39, 0.29) is 5.54 Å². The highest BCUT2D eigenvalue weighted by molar-refractivity contribution is 5.11. The third kappa shape index (κ3) is 3.67. The van der Waals surface area contributed by atoms with Gasteiger partial charge in [0.15, 0.2) is 6.39 Å². The zero-order chi connectivity index (χ0) is 11.5. The maximum Gasteiger partial charge on any atom is 0.181 e. The number of aromatic nitrogens is 1. The predicted molar refractivity (Wildman–Crippen MR) is 61.8 cm³/mol. The van der Waals surface area contributed by atoms with Gasteiger partial charge < -0.3 is 9.73 Å². The molecule has 1 heterocycles. The third-order valence-electron chi connectivity index (χ3n) is 2.52. The van der Waals surface area contributed by atoms with Gasteiger partial charge in [-0.3, -0.25) is 0 Å². The summed E-state index contributed by atoms with van der Waals surface area (Å²) in [6.45, 7) is 11.6. The van der Waals surface area contributed by atoms with Crippen molar-refractivity contribution in [1.82, 2.24) is 10.3 Å². The van der Waals surface area contributed by atoms with Gasteiger partial charge in [0, 0.05) is 18.0 Å². The Morgan fingerprint density at radius 2 is 2.13 bits per heavy atom. The van der Waals surface area contributed by atoms with Crippen molar-refractivity contribution < 1.29 is 4.42 Å². The molecule has 0 bridgehead atoms. The topological polar surface area (TPSA) is 38.1 Å². The second kappa shape index (κ2) is 4.79. The average molecular weight is 210 g/mol. The number of nitrogens with zero attached hydrogens (tertiary/aromatic N) is 1. The third-order valence-corrected chi connectivity index (χ3v) is 2.52. The molecule has 0 aromatic carbocycles. The van der Waals surface area contributed by atoms with Gasteiger partial charge in [0.1, 0.15) is 5.76 Å². The zero-order valence-corrected chi connectivity index (χ0v) is 10.4. The van der Waals surface area contributed by atoms with Gasteiger partial charge in [-0.05, 0) is 27.2 Å². The van der Waals surface area contributed by atoms with E-state index in [2.05, 4.69) is 44.9 Å². The Kier molecular flexibility index (Phi) is 3.91. The van der Waals surface area contributed by atoms with Crippen LogP contribution in [0.4, 0.5) is 0 Å². The Hall–Kier alpha value is -0.830. The first kappa shape index (κ1) is 12.2. The fourth-order valence-electron chi connectivity index (χ4n) is 1.35. The summed E-state index contributed by atoms with van der Waals surface area (Å²) in [5, 5.41) is 3.42. The van der Waals surface area contributed by atoms with Crippen LogP contribution >= 0.6 is 0 Å². The van der Waals surface area contributed by atoms with Gasteiger partial charge in [0.05, 0.1) is 5.69 Å². The van der Waals surface area contributed by atoms with E-state index >= 15 is 0 Å². The maximum absolute atomic E-state index is 5.43. The molecule has 0 spiro atoms. The Morgan fingerprint density at radius 1 is 1.47 bits per heavy atom. The van der Waals surface area contributed by atoms with Crippen LogP contribution in [0.25, 0.3) is 0 Å². The van der Waals surface area contributed by atoms with Gasteiger partial charge >= 0.3 is 0 Å². The molecular weight excluding hydrogens is 188 g/mol. The largest absolute Gasteiger partial charge is 0.448 e. The minimum absolute atomic E-state index is 0.117. The van der Waals surface area contributed by atoms with E-state index < -0.39 is 0 Å². The first-order chi connectivity index (χ1) is 6.94. The molecule has 86 valence electrons. The molecule has 1 N–H and O–H groups in total. The van der Waals surface area contributed by atoms with Crippen LogP contribution in [0, 0.1) is 0 Å². The second-order valence-electron chi connectivity index (χ2n) is 5.08. The van der Waals surface area contributed by atoms with Crippen LogP contribution in [0.2, 0.25) is 0 Å². The highest BCUT2D eigenvalue weighted by atomic mass is 16.3. The molecule has 1 rings (SSSR count). The minimum atomic E-state index is 0.117. The lowest BCUT2D eigenvalue weighted by atomic mass is 10.0. The quantitative estimate of drug-likeness (QED) is 0.830. The molecule has 1 unspecified atom stereocenters. The van der Waals surface area contributed by atoms with E-state index in [9.17, 15) is 0 Å². The molecule has 0 aliphatic carbocycles. The summed E-state index contributed by atoms with van der Waals surface area (Å²) in [5.74, 6) is 1.47. The Bertz CT molecular complexity index is 299. The van der Waals surface area contributed by atoms with Gasteiger partial charge in [0.2, 0.25) is 0 Å². The zero-order valence-electron chi connectivity index (χ0n) is 10.4. The van der Waals surface area contributed by atoms with Gasteiger partial charge in [-0.1, -0.05) is 13.8 Å². The number of hydrogen-bond acceptors (Lipinski definition) is 3.